The molecule has 2 heterocycles. The van der Waals surface area contributed by atoms with Crippen LogP contribution in [0.4, 0.5) is 0 Å². The van der Waals surface area contributed by atoms with Gasteiger partial charge in [0.15, 0.2) is 0 Å². The average Bonchev–Trinajstić information content (AvgIpc) is 2.74. The van der Waals surface area contributed by atoms with Crippen molar-refractivity contribution in [1.29, 1.82) is 0 Å². The van der Waals surface area contributed by atoms with E-state index in [1.54, 1.807) is 6.92 Å². The number of aliphatic hydroxyl groups excluding tert-OH is 2. The van der Waals surface area contributed by atoms with E-state index >= 15 is 0 Å². The topological polar surface area (TPSA) is 114 Å². The van der Waals surface area contributed by atoms with Crippen molar-refractivity contribution in [1.82, 2.24) is 9.55 Å². The molecule has 8 nitrogen and oxygen atoms in total. The second kappa shape index (κ2) is 5.55. The lowest BCUT2D eigenvalue weighted by Crippen LogP contribution is -2.33. The van der Waals surface area contributed by atoms with Gasteiger partial charge in [-0.25, -0.2) is 4.79 Å². The molecule has 0 saturated carbocycles. The zero-order valence-corrected chi connectivity index (χ0v) is 10.4. The van der Waals surface area contributed by atoms with E-state index < -0.39 is 29.7 Å². The third-order valence-corrected chi connectivity index (χ3v) is 2.93. The van der Waals surface area contributed by atoms with Crippen LogP contribution in [0, 0.1) is 0 Å². The smallest absolute Gasteiger partial charge is 0.330 e. The van der Waals surface area contributed by atoms with Crippen LogP contribution < -0.4 is 16.0 Å². The molecule has 2 rings (SSSR count). The lowest BCUT2D eigenvalue weighted by molar-refractivity contribution is -0.0461. The van der Waals surface area contributed by atoms with Crippen molar-refractivity contribution in [2.45, 2.75) is 31.8 Å². The van der Waals surface area contributed by atoms with Crippen molar-refractivity contribution in [2.75, 3.05) is 13.2 Å². The Hall–Kier alpha value is -1.64. The molecule has 0 unspecified atom stereocenters. The largest absolute Gasteiger partial charge is 0.487 e. The van der Waals surface area contributed by atoms with Gasteiger partial charge in [-0.15, -0.1) is 0 Å². The van der Waals surface area contributed by atoms with Gasteiger partial charge in [-0.3, -0.25) is 14.3 Å². The van der Waals surface area contributed by atoms with Crippen molar-refractivity contribution < 1.29 is 19.7 Å². The van der Waals surface area contributed by atoms with E-state index in [2.05, 4.69) is 4.98 Å². The standard InChI is InChI=1S/C11H16N2O6/c1-2-18-7-4-13(11(17)12-10(7)16)9-3-6(15)8(5-14)19-9/h4,6,8-9,14-15H,2-3,5H2,1H3,(H,12,16,17)/t6-,8+,9-/m1/s1. The van der Waals surface area contributed by atoms with Crippen molar-refractivity contribution >= 4 is 0 Å². The van der Waals surface area contributed by atoms with Gasteiger partial charge in [0, 0.05) is 6.42 Å². The third kappa shape index (κ3) is 2.70. The van der Waals surface area contributed by atoms with Crippen LogP contribution in [0.25, 0.3) is 0 Å². The fourth-order valence-corrected chi connectivity index (χ4v) is 1.99. The molecule has 19 heavy (non-hydrogen) atoms. The Morgan fingerprint density at radius 3 is 2.89 bits per heavy atom. The average molecular weight is 272 g/mol. The van der Waals surface area contributed by atoms with Crippen LogP contribution in [0.5, 0.6) is 5.75 Å². The van der Waals surface area contributed by atoms with Crippen LogP contribution in [-0.4, -0.2) is 45.2 Å². The molecule has 8 heteroatoms. The number of H-pyrrole nitrogens is 1. The zero-order valence-electron chi connectivity index (χ0n) is 10.4. The van der Waals surface area contributed by atoms with Crippen LogP contribution in [0.1, 0.15) is 19.6 Å². The van der Waals surface area contributed by atoms with Crippen molar-refractivity contribution in [3.8, 4) is 5.75 Å². The molecular weight excluding hydrogens is 256 g/mol. The Kier molecular flexibility index (Phi) is 4.03. The minimum atomic E-state index is -0.857. The summed E-state index contributed by atoms with van der Waals surface area (Å²) in [7, 11) is 0. The van der Waals surface area contributed by atoms with E-state index in [9.17, 15) is 14.7 Å². The summed E-state index contributed by atoms with van der Waals surface area (Å²) in [5.41, 5.74) is -1.26. The van der Waals surface area contributed by atoms with Crippen LogP contribution >= 0.6 is 0 Å². The van der Waals surface area contributed by atoms with E-state index in [0.717, 1.165) is 4.57 Å². The molecule has 0 aliphatic carbocycles. The monoisotopic (exact) mass is 272 g/mol. The fraction of sp³-hybridized carbons (Fsp3) is 0.636. The zero-order chi connectivity index (χ0) is 14.0. The second-order valence-electron chi connectivity index (χ2n) is 4.21. The predicted molar refractivity (Wildman–Crippen MR) is 64.1 cm³/mol. The maximum absolute atomic E-state index is 11.7. The molecule has 1 saturated heterocycles. The normalized spacial score (nSPS) is 26.6. The molecule has 0 bridgehead atoms. The second-order valence-corrected chi connectivity index (χ2v) is 4.21. The first kappa shape index (κ1) is 13.8. The van der Waals surface area contributed by atoms with Gasteiger partial charge in [-0.2, -0.15) is 0 Å². The molecule has 106 valence electrons. The predicted octanol–water partition coefficient (Wildman–Crippen LogP) is -1.42. The molecule has 3 N–H and O–H groups in total. The highest BCUT2D eigenvalue weighted by atomic mass is 16.5. The van der Waals surface area contributed by atoms with Crippen LogP contribution in [-0.2, 0) is 4.74 Å². The van der Waals surface area contributed by atoms with Crippen LogP contribution in [0.15, 0.2) is 15.8 Å². The van der Waals surface area contributed by atoms with E-state index in [0.29, 0.717) is 0 Å². The number of nitrogens with one attached hydrogen (secondary N) is 1. The number of rotatable bonds is 4. The summed E-state index contributed by atoms with van der Waals surface area (Å²) in [6, 6.07) is 0. The molecule has 1 fully saturated rings. The quantitative estimate of drug-likeness (QED) is 0.619. The molecule has 1 aromatic rings. The maximum Gasteiger partial charge on any atom is 0.330 e. The third-order valence-electron chi connectivity index (χ3n) is 2.93. The highest BCUT2D eigenvalue weighted by Crippen LogP contribution is 2.27. The van der Waals surface area contributed by atoms with E-state index in [1.165, 1.54) is 6.20 Å². The molecule has 3 atom stereocenters. The van der Waals surface area contributed by atoms with E-state index in [-0.39, 0.29) is 25.4 Å². The maximum atomic E-state index is 11.7. The molecular formula is C11H16N2O6. The fourth-order valence-electron chi connectivity index (χ4n) is 1.99. The summed E-state index contributed by atoms with van der Waals surface area (Å²) in [6.45, 7) is 1.66. The van der Waals surface area contributed by atoms with Gasteiger partial charge in [0.05, 0.1) is 25.5 Å². The van der Waals surface area contributed by atoms with Crippen LogP contribution in [0.2, 0.25) is 0 Å². The molecule has 1 aromatic heterocycles. The SMILES string of the molecule is CCOc1cn([C@H]2C[C@@H](O)[C@H](CO)O2)c(=O)[nH]c1=O. The lowest BCUT2D eigenvalue weighted by Gasteiger charge is -2.15. The Morgan fingerprint density at radius 1 is 1.58 bits per heavy atom. The number of aliphatic hydroxyl groups is 2. The van der Waals surface area contributed by atoms with Crippen molar-refractivity contribution in [3.05, 3.63) is 27.0 Å². The van der Waals surface area contributed by atoms with Gasteiger partial charge in [0.2, 0.25) is 5.75 Å². The number of nitrogens with zero attached hydrogens (tertiary/aromatic N) is 1. The summed E-state index contributed by atoms with van der Waals surface area (Å²) >= 11 is 0. The molecule has 1 aliphatic rings. The molecule has 0 aromatic carbocycles. The number of hydrogen-bond acceptors (Lipinski definition) is 6. The molecule has 0 amide bonds. The summed E-state index contributed by atoms with van der Waals surface area (Å²) < 4.78 is 11.6. The van der Waals surface area contributed by atoms with Gasteiger partial charge >= 0.3 is 5.69 Å². The summed E-state index contributed by atoms with van der Waals surface area (Å²) in [6.07, 6.45) is -0.927. The number of hydrogen-bond donors (Lipinski definition) is 3. The minimum Gasteiger partial charge on any atom is -0.487 e. The van der Waals surface area contributed by atoms with E-state index in [4.69, 9.17) is 14.6 Å². The first-order valence-electron chi connectivity index (χ1n) is 5.99. The first-order valence-corrected chi connectivity index (χ1v) is 5.99. The summed E-state index contributed by atoms with van der Waals surface area (Å²) in [5, 5.41) is 18.6. The Bertz CT molecular complexity index is 551. The molecule has 0 spiro atoms. The first-order chi connectivity index (χ1) is 9.06. The van der Waals surface area contributed by atoms with Gasteiger partial charge in [0.1, 0.15) is 12.3 Å². The summed E-state index contributed by atoms with van der Waals surface area (Å²) in [4.78, 5) is 25.3. The minimum absolute atomic E-state index is 0.00707. The Balaban J connectivity index is 2.33. The van der Waals surface area contributed by atoms with E-state index in [1.807, 2.05) is 0 Å². The van der Waals surface area contributed by atoms with Gasteiger partial charge in [-0.05, 0) is 6.92 Å². The van der Waals surface area contributed by atoms with Crippen LogP contribution in [0.3, 0.4) is 0 Å². The summed E-state index contributed by atoms with van der Waals surface area (Å²) in [5.74, 6) is 0.00707. The van der Waals surface area contributed by atoms with Gasteiger partial charge in [0.25, 0.3) is 5.56 Å². The number of aromatic amines is 1. The number of ether oxygens (including phenoxy) is 2. The van der Waals surface area contributed by atoms with Crippen molar-refractivity contribution in [2.24, 2.45) is 0 Å². The molecule has 0 radical (unpaired) electrons. The Labute approximate surface area is 108 Å². The Morgan fingerprint density at radius 2 is 2.32 bits per heavy atom. The van der Waals surface area contributed by atoms with Gasteiger partial charge < -0.3 is 19.7 Å². The number of aromatic nitrogens is 2. The van der Waals surface area contributed by atoms with Gasteiger partial charge in [-0.1, -0.05) is 0 Å². The van der Waals surface area contributed by atoms with Crippen molar-refractivity contribution in [3.63, 3.8) is 0 Å². The molecule has 1 aliphatic heterocycles. The highest BCUT2D eigenvalue weighted by molar-refractivity contribution is 5.12. The highest BCUT2D eigenvalue weighted by Gasteiger charge is 2.35. The lowest BCUT2D eigenvalue weighted by atomic mass is 10.2.